The highest BCUT2D eigenvalue weighted by atomic mass is 16.4. The lowest BCUT2D eigenvalue weighted by Gasteiger charge is -2.14. The van der Waals surface area contributed by atoms with Crippen molar-refractivity contribution in [2.24, 2.45) is 0 Å². The van der Waals surface area contributed by atoms with Crippen LogP contribution in [0.5, 0.6) is 0 Å². The van der Waals surface area contributed by atoms with Gasteiger partial charge in [-0.3, -0.25) is 9.59 Å². The highest BCUT2D eigenvalue weighted by molar-refractivity contribution is 5.97. The number of carboxylic acids is 2. The first-order valence-corrected chi connectivity index (χ1v) is 8.19. The Morgan fingerprint density at radius 2 is 1.74 bits per heavy atom. The summed E-state index contributed by atoms with van der Waals surface area (Å²) in [7, 11) is 0. The van der Waals surface area contributed by atoms with Crippen LogP contribution >= 0.6 is 0 Å². The zero-order valence-corrected chi connectivity index (χ0v) is 14.9. The van der Waals surface area contributed by atoms with Gasteiger partial charge in [-0.1, -0.05) is 6.07 Å². The number of hydrogen-bond donors (Lipinski definition) is 4. The van der Waals surface area contributed by atoms with Gasteiger partial charge in [-0.2, -0.15) is 0 Å². The van der Waals surface area contributed by atoms with Crippen molar-refractivity contribution in [2.75, 3.05) is 5.32 Å². The second-order valence-electron chi connectivity index (χ2n) is 5.98. The Hall–Kier alpha value is -3.49. The number of carbonyl (C=O) groups is 3. The number of aryl methyl sites for hydroxylation is 2. The van der Waals surface area contributed by atoms with Crippen molar-refractivity contribution < 1.29 is 24.6 Å². The van der Waals surface area contributed by atoms with Gasteiger partial charge in [0.1, 0.15) is 6.04 Å². The Labute approximate surface area is 155 Å². The monoisotopic (exact) mass is 372 g/mol. The molecule has 4 N–H and O–H groups in total. The van der Waals surface area contributed by atoms with Gasteiger partial charge in [-0.05, 0) is 44.5 Å². The Morgan fingerprint density at radius 1 is 1.07 bits per heavy atom. The van der Waals surface area contributed by atoms with Crippen molar-refractivity contribution >= 4 is 29.5 Å². The van der Waals surface area contributed by atoms with Crippen LogP contribution in [0.3, 0.4) is 0 Å². The third-order valence-corrected chi connectivity index (χ3v) is 3.61. The van der Waals surface area contributed by atoms with Crippen LogP contribution in [0, 0.1) is 13.8 Å². The summed E-state index contributed by atoms with van der Waals surface area (Å²) in [6.45, 7) is 3.68. The van der Waals surface area contributed by atoms with E-state index in [4.69, 9.17) is 10.2 Å². The van der Waals surface area contributed by atoms with E-state index in [0.29, 0.717) is 11.6 Å². The van der Waals surface area contributed by atoms with E-state index in [1.54, 1.807) is 12.1 Å². The minimum atomic E-state index is -1.29. The van der Waals surface area contributed by atoms with Crippen molar-refractivity contribution in [3.8, 4) is 0 Å². The van der Waals surface area contributed by atoms with E-state index >= 15 is 0 Å². The average Bonchev–Trinajstić information content (AvgIpc) is 2.57. The molecular formula is C18H20N4O5. The summed E-state index contributed by atoms with van der Waals surface area (Å²) >= 11 is 0. The van der Waals surface area contributed by atoms with Crippen LogP contribution in [0.15, 0.2) is 30.3 Å². The van der Waals surface area contributed by atoms with Gasteiger partial charge >= 0.3 is 11.9 Å². The molecule has 142 valence electrons. The molecule has 0 bridgehead atoms. The molecule has 9 nitrogen and oxygen atoms in total. The number of rotatable bonds is 8. The highest BCUT2D eigenvalue weighted by Gasteiger charge is 2.21. The molecule has 0 aliphatic carbocycles. The Morgan fingerprint density at radius 3 is 2.33 bits per heavy atom. The van der Waals surface area contributed by atoms with Crippen LogP contribution < -0.4 is 10.6 Å². The molecule has 1 atom stereocenters. The molecule has 9 heteroatoms. The number of carboxylic acid groups (broad SMARTS) is 2. The largest absolute Gasteiger partial charge is 0.481 e. The molecular weight excluding hydrogens is 352 g/mol. The molecule has 27 heavy (non-hydrogen) atoms. The number of anilines is 2. The summed E-state index contributed by atoms with van der Waals surface area (Å²) in [6, 6.07) is 6.96. The third kappa shape index (κ3) is 6.07. The fourth-order valence-electron chi connectivity index (χ4n) is 2.42. The maximum atomic E-state index is 12.3. The molecule has 1 unspecified atom stereocenters. The molecule has 1 aromatic carbocycles. The van der Waals surface area contributed by atoms with Gasteiger partial charge in [0.15, 0.2) is 0 Å². The van der Waals surface area contributed by atoms with Gasteiger partial charge in [0.05, 0.1) is 0 Å². The van der Waals surface area contributed by atoms with Crippen molar-refractivity contribution in [3.63, 3.8) is 0 Å². The molecule has 2 aromatic rings. The fourth-order valence-corrected chi connectivity index (χ4v) is 2.42. The summed E-state index contributed by atoms with van der Waals surface area (Å²) in [6.07, 6.45) is -0.562. The standard InChI is InChI=1S/C18H20N4O5/c1-10-8-11(2)20-18(19-10)21-13-5-3-4-12(9-13)16(25)22-14(17(26)27)6-7-15(23)24/h3-5,8-9,14H,6-7H2,1-2H3,(H,22,25)(H,23,24)(H,26,27)(H,19,20,21). The van der Waals surface area contributed by atoms with Crippen molar-refractivity contribution in [2.45, 2.75) is 32.7 Å². The molecule has 1 amide bonds. The molecule has 0 spiro atoms. The number of benzene rings is 1. The summed E-state index contributed by atoms with van der Waals surface area (Å²) in [5.41, 5.74) is 2.37. The minimum absolute atomic E-state index is 0.204. The van der Waals surface area contributed by atoms with Crippen LogP contribution in [0.2, 0.25) is 0 Å². The second kappa shape index (κ2) is 8.75. The number of nitrogens with one attached hydrogen (secondary N) is 2. The number of amides is 1. The highest BCUT2D eigenvalue weighted by Crippen LogP contribution is 2.16. The summed E-state index contributed by atoms with van der Waals surface area (Å²) < 4.78 is 0. The first-order valence-electron chi connectivity index (χ1n) is 8.19. The van der Waals surface area contributed by atoms with Gasteiger partial charge in [-0.15, -0.1) is 0 Å². The smallest absolute Gasteiger partial charge is 0.326 e. The molecule has 0 radical (unpaired) electrons. The molecule has 0 aliphatic heterocycles. The molecule has 0 saturated carbocycles. The van der Waals surface area contributed by atoms with Crippen LogP contribution in [0.4, 0.5) is 11.6 Å². The van der Waals surface area contributed by atoms with Gasteiger partial charge in [0.2, 0.25) is 5.95 Å². The van der Waals surface area contributed by atoms with E-state index in [2.05, 4.69) is 20.6 Å². The number of nitrogens with zero attached hydrogens (tertiary/aromatic N) is 2. The SMILES string of the molecule is Cc1cc(C)nc(Nc2cccc(C(=O)NC(CCC(=O)O)C(=O)O)c2)n1. The predicted molar refractivity (Wildman–Crippen MR) is 97.0 cm³/mol. The van der Waals surface area contributed by atoms with Gasteiger partial charge < -0.3 is 20.8 Å². The lowest BCUT2D eigenvalue weighted by Crippen LogP contribution is -2.41. The Balaban J connectivity index is 2.11. The molecule has 1 heterocycles. The fraction of sp³-hybridized carbons (Fsp3) is 0.278. The topological polar surface area (TPSA) is 142 Å². The number of aromatic nitrogens is 2. The summed E-state index contributed by atoms with van der Waals surface area (Å²) in [5, 5.41) is 23.2. The predicted octanol–water partition coefficient (Wildman–Crippen LogP) is 1.88. The summed E-state index contributed by atoms with van der Waals surface area (Å²) in [5.74, 6) is -2.65. The molecule has 1 aromatic heterocycles. The van der Waals surface area contributed by atoms with E-state index in [1.165, 1.54) is 12.1 Å². The van der Waals surface area contributed by atoms with Gasteiger partial charge in [0.25, 0.3) is 5.91 Å². The first kappa shape index (κ1) is 19.8. The zero-order chi connectivity index (χ0) is 20.0. The number of hydrogen-bond acceptors (Lipinski definition) is 6. The van der Waals surface area contributed by atoms with E-state index in [1.807, 2.05) is 19.9 Å². The van der Waals surface area contributed by atoms with Crippen LogP contribution in [0.1, 0.15) is 34.6 Å². The van der Waals surface area contributed by atoms with Gasteiger partial charge in [0, 0.05) is 29.1 Å². The normalized spacial score (nSPS) is 11.5. The molecule has 0 fully saturated rings. The molecule has 0 aliphatic rings. The zero-order valence-electron chi connectivity index (χ0n) is 14.9. The van der Waals surface area contributed by atoms with Crippen molar-refractivity contribution in [3.05, 3.63) is 47.3 Å². The molecule has 2 rings (SSSR count). The molecule has 0 saturated heterocycles. The van der Waals surface area contributed by atoms with E-state index in [-0.39, 0.29) is 18.4 Å². The van der Waals surface area contributed by atoms with E-state index < -0.39 is 23.9 Å². The quantitative estimate of drug-likeness (QED) is 0.550. The van der Waals surface area contributed by atoms with E-state index in [9.17, 15) is 14.4 Å². The van der Waals surface area contributed by atoms with Gasteiger partial charge in [-0.25, -0.2) is 14.8 Å². The summed E-state index contributed by atoms with van der Waals surface area (Å²) in [4.78, 5) is 42.7. The van der Waals surface area contributed by atoms with E-state index in [0.717, 1.165) is 11.4 Å². The number of carbonyl (C=O) groups excluding carboxylic acids is 1. The first-order chi connectivity index (χ1) is 12.7. The van der Waals surface area contributed by atoms with Crippen LogP contribution in [-0.4, -0.2) is 44.1 Å². The Kier molecular flexibility index (Phi) is 6.42. The van der Waals surface area contributed by atoms with Crippen molar-refractivity contribution in [1.82, 2.24) is 15.3 Å². The second-order valence-corrected chi connectivity index (χ2v) is 5.98. The maximum Gasteiger partial charge on any atom is 0.326 e. The van der Waals surface area contributed by atoms with Crippen LogP contribution in [-0.2, 0) is 9.59 Å². The Bertz CT molecular complexity index is 848. The third-order valence-electron chi connectivity index (χ3n) is 3.61. The maximum absolute atomic E-state index is 12.3. The number of aliphatic carboxylic acids is 2. The minimum Gasteiger partial charge on any atom is -0.481 e. The van der Waals surface area contributed by atoms with Crippen LogP contribution in [0.25, 0.3) is 0 Å². The lowest BCUT2D eigenvalue weighted by atomic mass is 10.1. The lowest BCUT2D eigenvalue weighted by molar-refractivity contribution is -0.140. The average molecular weight is 372 g/mol. The van der Waals surface area contributed by atoms with Crippen molar-refractivity contribution in [1.29, 1.82) is 0 Å².